The van der Waals surface area contributed by atoms with Crippen LogP contribution in [-0.2, 0) is 9.84 Å². The van der Waals surface area contributed by atoms with Gasteiger partial charge in [-0.2, -0.15) is 5.10 Å². The molecule has 2 aromatic rings. The Morgan fingerprint density at radius 3 is 2.71 bits per heavy atom. The molecule has 0 unspecified atom stereocenters. The summed E-state index contributed by atoms with van der Waals surface area (Å²) < 4.78 is 25.5. The highest BCUT2D eigenvalue weighted by Crippen LogP contribution is 2.32. The molecule has 146 valence electrons. The van der Waals surface area contributed by atoms with Gasteiger partial charge in [-0.1, -0.05) is 18.2 Å². The van der Waals surface area contributed by atoms with E-state index < -0.39 is 9.84 Å². The van der Waals surface area contributed by atoms with E-state index in [1.54, 1.807) is 0 Å². The van der Waals surface area contributed by atoms with Crippen molar-refractivity contribution in [2.24, 2.45) is 4.99 Å². The fourth-order valence-corrected chi connectivity index (χ4v) is 5.89. The average Bonchev–Trinajstić information content (AvgIpc) is 3.27. The lowest BCUT2D eigenvalue weighted by molar-refractivity contribution is 0.265. The summed E-state index contributed by atoms with van der Waals surface area (Å²) in [6.45, 7) is 3.82. The number of hydrogen-bond donors (Lipinski definition) is 1. The molecule has 1 aromatic carbocycles. The second-order valence-corrected chi connectivity index (χ2v) is 10.1. The van der Waals surface area contributed by atoms with E-state index in [1.165, 1.54) is 0 Å². The summed E-state index contributed by atoms with van der Waals surface area (Å²) >= 11 is 1.09. The number of amidine groups is 1. The van der Waals surface area contributed by atoms with E-state index in [0.29, 0.717) is 12.3 Å². The molecule has 0 saturated carbocycles. The Hall–Kier alpha value is -2.39. The molecule has 2 fully saturated rings. The molecule has 2 aliphatic rings. The maximum Gasteiger partial charge on any atom is 0.289 e. The van der Waals surface area contributed by atoms with Crippen molar-refractivity contribution in [1.29, 1.82) is 0 Å². The first-order valence-corrected chi connectivity index (χ1v) is 11.6. The molecule has 0 spiro atoms. The number of rotatable bonds is 3. The average molecular weight is 417 g/mol. The number of sulfone groups is 1. The maximum atomic E-state index is 11.9. The van der Waals surface area contributed by atoms with Gasteiger partial charge in [-0.25, -0.2) is 13.4 Å². The van der Waals surface area contributed by atoms with Crippen LogP contribution in [0.3, 0.4) is 0 Å². The second-order valence-electron chi connectivity index (χ2n) is 6.90. The lowest BCUT2D eigenvalue weighted by Crippen LogP contribution is -2.18. The third kappa shape index (κ3) is 3.77. The molecule has 0 aliphatic carbocycles. The molecule has 4 rings (SSSR count). The van der Waals surface area contributed by atoms with Crippen LogP contribution in [0.15, 0.2) is 40.2 Å². The molecule has 1 amide bonds. The molecule has 1 atom stereocenters. The van der Waals surface area contributed by atoms with Gasteiger partial charge in [-0.3, -0.25) is 9.48 Å². The minimum Gasteiger partial charge on any atom is -0.300 e. The lowest BCUT2D eigenvalue weighted by Gasteiger charge is -2.11. The quantitative estimate of drug-likeness (QED) is 0.828. The van der Waals surface area contributed by atoms with Crippen LogP contribution in [0.4, 0.5) is 10.5 Å². The number of aliphatic imine (C=N–C) groups is 1. The lowest BCUT2D eigenvalue weighted by atomic mass is 10.1. The van der Waals surface area contributed by atoms with Crippen LogP contribution in [0, 0.1) is 13.8 Å². The monoisotopic (exact) mass is 416 g/mol. The van der Waals surface area contributed by atoms with Crippen molar-refractivity contribution in [3.05, 3.63) is 52.2 Å². The summed E-state index contributed by atoms with van der Waals surface area (Å²) in [4.78, 5) is 17.2. The number of nitrogens with one attached hydrogen (secondary N) is 1. The van der Waals surface area contributed by atoms with Gasteiger partial charge in [0, 0.05) is 11.3 Å². The summed E-state index contributed by atoms with van der Waals surface area (Å²) in [6, 6.07) is 9.29. The molecular weight excluding hydrogens is 396 g/mol. The number of carbonyl (C=O) groups excluding carboxylic acids is 1. The van der Waals surface area contributed by atoms with Crippen molar-refractivity contribution in [1.82, 2.24) is 15.1 Å². The molecular formula is C19H20N4O3S2. The van der Waals surface area contributed by atoms with E-state index >= 15 is 0 Å². The van der Waals surface area contributed by atoms with Crippen LogP contribution in [0.2, 0.25) is 0 Å². The molecule has 1 N–H and O–H groups in total. The Morgan fingerprint density at radius 2 is 2.04 bits per heavy atom. The van der Waals surface area contributed by atoms with Gasteiger partial charge in [0.05, 0.1) is 33.8 Å². The van der Waals surface area contributed by atoms with Crippen LogP contribution >= 0.6 is 11.8 Å². The third-order valence-corrected chi connectivity index (χ3v) is 7.43. The molecule has 2 saturated heterocycles. The summed E-state index contributed by atoms with van der Waals surface area (Å²) in [5.41, 5.74) is 3.34. The number of aromatic nitrogens is 2. The highest BCUT2D eigenvalue weighted by Gasteiger charge is 2.32. The molecule has 3 heterocycles. The summed E-state index contributed by atoms with van der Waals surface area (Å²) in [6.07, 6.45) is 2.48. The zero-order valence-electron chi connectivity index (χ0n) is 15.5. The zero-order chi connectivity index (χ0) is 19.9. The predicted octanol–water partition coefficient (Wildman–Crippen LogP) is 3.39. The molecule has 7 nitrogen and oxygen atoms in total. The Kier molecular flexibility index (Phi) is 4.88. The predicted molar refractivity (Wildman–Crippen MR) is 112 cm³/mol. The van der Waals surface area contributed by atoms with Gasteiger partial charge in [-0.05, 0) is 50.2 Å². The van der Waals surface area contributed by atoms with E-state index in [0.717, 1.165) is 39.3 Å². The van der Waals surface area contributed by atoms with E-state index in [1.807, 2.05) is 54.9 Å². The number of thioether (sulfide) groups is 1. The first-order chi connectivity index (χ1) is 13.3. The van der Waals surface area contributed by atoms with Crippen LogP contribution in [0.25, 0.3) is 6.08 Å². The highest BCUT2D eigenvalue weighted by molar-refractivity contribution is 8.18. The van der Waals surface area contributed by atoms with Gasteiger partial charge in [-0.15, -0.1) is 0 Å². The van der Waals surface area contributed by atoms with Crippen molar-refractivity contribution in [2.75, 3.05) is 11.5 Å². The number of aryl methyl sites for hydroxylation is 1. The van der Waals surface area contributed by atoms with E-state index in [-0.39, 0.29) is 22.8 Å². The molecule has 0 radical (unpaired) electrons. The molecule has 0 bridgehead atoms. The minimum atomic E-state index is -2.99. The summed E-state index contributed by atoms with van der Waals surface area (Å²) in [5, 5.41) is 7.19. The van der Waals surface area contributed by atoms with E-state index in [4.69, 9.17) is 0 Å². The maximum absolute atomic E-state index is 11.9. The first kappa shape index (κ1) is 18.9. The topological polar surface area (TPSA) is 93.4 Å². The number of carbonyl (C=O) groups is 1. The van der Waals surface area contributed by atoms with E-state index in [9.17, 15) is 13.2 Å². The summed E-state index contributed by atoms with van der Waals surface area (Å²) in [7, 11) is -2.99. The Balaban J connectivity index is 1.70. The fraction of sp³-hybridized carbons (Fsp3) is 0.316. The Labute approximate surface area is 167 Å². The van der Waals surface area contributed by atoms with Crippen LogP contribution < -0.4 is 5.32 Å². The van der Waals surface area contributed by atoms with Crippen molar-refractivity contribution >= 4 is 44.4 Å². The molecule has 28 heavy (non-hydrogen) atoms. The van der Waals surface area contributed by atoms with Crippen LogP contribution in [-0.4, -0.2) is 40.8 Å². The SMILES string of the molecule is Cc1nn([C@@H]2CCS(=O)(=O)C2)c(C)c1/C=C1\SC(=O)NC1=Nc1ccccc1. The second kappa shape index (κ2) is 7.21. The number of amides is 1. The summed E-state index contributed by atoms with van der Waals surface area (Å²) in [5.74, 6) is 0.839. The Morgan fingerprint density at radius 1 is 1.29 bits per heavy atom. The smallest absolute Gasteiger partial charge is 0.289 e. The third-order valence-electron chi connectivity index (χ3n) is 4.86. The largest absolute Gasteiger partial charge is 0.300 e. The van der Waals surface area contributed by atoms with Gasteiger partial charge in [0.2, 0.25) is 0 Å². The number of hydrogen-bond acceptors (Lipinski definition) is 6. The van der Waals surface area contributed by atoms with Crippen LogP contribution in [0.1, 0.15) is 29.4 Å². The number of nitrogens with zero attached hydrogens (tertiary/aromatic N) is 3. The van der Waals surface area contributed by atoms with Crippen molar-refractivity contribution < 1.29 is 13.2 Å². The normalized spacial score (nSPS) is 24.2. The number of benzene rings is 1. The number of para-hydroxylation sites is 1. The van der Waals surface area contributed by atoms with Gasteiger partial charge >= 0.3 is 0 Å². The first-order valence-electron chi connectivity index (χ1n) is 8.93. The standard InChI is InChI=1S/C19H20N4O3S2/c1-12-16(13(2)23(22-12)15-8-9-28(25,26)11-15)10-17-18(21-19(24)27-17)20-14-6-4-3-5-7-14/h3-7,10,15H,8-9,11H2,1-2H3,(H,20,21,24)/b17-10-/t15-/m1/s1. The van der Waals surface area contributed by atoms with Crippen molar-refractivity contribution in [3.63, 3.8) is 0 Å². The Bertz CT molecular complexity index is 1100. The van der Waals surface area contributed by atoms with Gasteiger partial charge in [0.25, 0.3) is 5.24 Å². The molecule has 2 aliphatic heterocycles. The fourth-order valence-electron chi connectivity index (χ4n) is 3.48. The minimum absolute atomic E-state index is 0.125. The zero-order valence-corrected chi connectivity index (χ0v) is 17.2. The van der Waals surface area contributed by atoms with Crippen molar-refractivity contribution in [3.8, 4) is 0 Å². The molecule has 1 aromatic heterocycles. The van der Waals surface area contributed by atoms with Gasteiger partial charge in [0.15, 0.2) is 9.84 Å². The van der Waals surface area contributed by atoms with Crippen molar-refractivity contribution in [2.45, 2.75) is 26.3 Å². The van der Waals surface area contributed by atoms with E-state index in [2.05, 4.69) is 15.4 Å². The van der Waals surface area contributed by atoms with Crippen LogP contribution in [0.5, 0.6) is 0 Å². The van der Waals surface area contributed by atoms with Gasteiger partial charge < -0.3 is 5.32 Å². The highest BCUT2D eigenvalue weighted by atomic mass is 32.2. The van der Waals surface area contributed by atoms with Gasteiger partial charge in [0.1, 0.15) is 5.84 Å². The molecule has 9 heteroatoms.